The number of fused-ring (bicyclic) bond motifs is 1. The Bertz CT molecular complexity index is 570. The van der Waals surface area contributed by atoms with Gasteiger partial charge in [0, 0.05) is 0 Å². The van der Waals surface area contributed by atoms with E-state index in [9.17, 15) is 9.18 Å². The van der Waals surface area contributed by atoms with Crippen molar-refractivity contribution in [3.05, 3.63) is 40.7 Å². The second kappa shape index (κ2) is 5.01. The number of nitriles is 1. The number of hydrogen-bond donors (Lipinski definition) is 0. The largest absolute Gasteiger partial charge is 0.462 e. The maximum absolute atomic E-state index is 13.2. The minimum atomic E-state index is -0.632. The van der Waals surface area contributed by atoms with Crippen LogP contribution in [0.25, 0.3) is 5.57 Å². The zero-order valence-electron chi connectivity index (χ0n) is 10.00. The molecule has 0 heterocycles. The highest BCUT2D eigenvalue weighted by Gasteiger charge is 2.24. The standard InChI is InChI=1S/C14H12FNO2/c1-2-18-14(17)13(8-16)11-6-4-9-3-5-10(15)7-12(9)11/h3,5,7H,2,4,6H2,1H3. The van der Waals surface area contributed by atoms with Crippen LogP contribution >= 0.6 is 0 Å². The zero-order chi connectivity index (χ0) is 13.1. The van der Waals surface area contributed by atoms with Crippen LogP contribution in [0.4, 0.5) is 4.39 Å². The molecular formula is C14H12FNO2. The monoisotopic (exact) mass is 245 g/mol. The van der Waals surface area contributed by atoms with E-state index in [4.69, 9.17) is 10.00 Å². The third-order valence-corrected chi connectivity index (χ3v) is 2.93. The number of hydrogen-bond acceptors (Lipinski definition) is 3. The first-order valence-electron chi connectivity index (χ1n) is 5.76. The fraction of sp³-hybridized carbons (Fsp3) is 0.286. The summed E-state index contributed by atoms with van der Waals surface area (Å²) in [4.78, 5) is 11.7. The summed E-state index contributed by atoms with van der Waals surface area (Å²) in [6, 6.07) is 6.32. The molecule has 4 heteroatoms. The fourth-order valence-electron chi connectivity index (χ4n) is 2.14. The molecule has 0 radical (unpaired) electrons. The molecule has 92 valence electrons. The molecule has 0 amide bonds. The first-order chi connectivity index (χ1) is 8.67. The van der Waals surface area contributed by atoms with Gasteiger partial charge >= 0.3 is 5.97 Å². The number of esters is 1. The minimum absolute atomic E-state index is 0.0128. The lowest BCUT2D eigenvalue weighted by atomic mass is 10.0. The average Bonchev–Trinajstić information content (AvgIpc) is 2.74. The Labute approximate surface area is 104 Å². The SMILES string of the molecule is CCOC(=O)C(C#N)=C1CCc2ccc(F)cc21. The predicted octanol–water partition coefficient (Wildman–Crippen LogP) is 2.61. The van der Waals surface area contributed by atoms with Crippen molar-refractivity contribution < 1.29 is 13.9 Å². The molecule has 0 unspecified atom stereocenters. The molecule has 3 nitrogen and oxygen atoms in total. The number of carbonyl (C=O) groups is 1. The Morgan fingerprint density at radius 3 is 2.94 bits per heavy atom. The Balaban J connectivity index is 2.50. The van der Waals surface area contributed by atoms with E-state index in [1.165, 1.54) is 12.1 Å². The number of allylic oxidation sites excluding steroid dienone is 1. The summed E-state index contributed by atoms with van der Waals surface area (Å²) < 4.78 is 18.1. The van der Waals surface area contributed by atoms with E-state index >= 15 is 0 Å². The lowest BCUT2D eigenvalue weighted by Crippen LogP contribution is -2.08. The molecule has 0 N–H and O–H groups in total. The number of nitrogens with zero attached hydrogens (tertiary/aromatic N) is 1. The van der Waals surface area contributed by atoms with Gasteiger partial charge in [0.25, 0.3) is 0 Å². The number of aryl methyl sites for hydroxylation is 1. The van der Waals surface area contributed by atoms with Crippen LogP contribution in [-0.4, -0.2) is 12.6 Å². The van der Waals surface area contributed by atoms with E-state index in [0.29, 0.717) is 17.6 Å². The number of ether oxygens (including phenoxy) is 1. The summed E-state index contributed by atoms with van der Waals surface area (Å²) in [6.45, 7) is 1.90. The molecule has 0 bridgehead atoms. The molecule has 0 atom stereocenters. The zero-order valence-corrected chi connectivity index (χ0v) is 10.00. The van der Waals surface area contributed by atoms with Gasteiger partial charge in [0.1, 0.15) is 17.5 Å². The summed E-state index contributed by atoms with van der Waals surface area (Å²) in [5.74, 6) is -0.999. The number of rotatable bonds is 2. The van der Waals surface area contributed by atoms with Crippen molar-refractivity contribution in [3.63, 3.8) is 0 Å². The van der Waals surface area contributed by atoms with Gasteiger partial charge in [0.15, 0.2) is 0 Å². The number of carbonyl (C=O) groups excluding carboxylic acids is 1. The highest BCUT2D eigenvalue weighted by Crippen LogP contribution is 2.35. The van der Waals surface area contributed by atoms with Crippen LogP contribution < -0.4 is 0 Å². The van der Waals surface area contributed by atoms with Gasteiger partial charge in [0.2, 0.25) is 0 Å². The second-order valence-corrected chi connectivity index (χ2v) is 3.99. The third kappa shape index (κ3) is 2.12. The van der Waals surface area contributed by atoms with Crippen molar-refractivity contribution >= 4 is 11.5 Å². The Morgan fingerprint density at radius 1 is 1.50 bits per heavy atom. The maximum atomic E-state index is 13.2. The Hall–Kier alpha value is -2.15. The molecule has 0 spiro atoms. The topological polar surface area (TPSA) is 50.1 Å². The molecule has 0 aliphatic heterocycles. The second-order valence-electron chi connectivity index (χ2n) is 3.99. The van der Waals surface area contributed by atoms with Crippen molar-refractivity contribution in [2.75, 3.05) is 6.61 Å². The van der Waals surface area contributed by atoms with Crippen LogP contribution in [0.3, 0.4) is 0 Å². The van der Waals surface area contributed by atoms with E-state index < -0.39 is 5.97 Å². The molecule has 0 aromatic heterocycles. The van der Waals surface area contributed by atoms with Gasteiger partial charge < -0.3 is 4.74 Å². The average molecular weight is 245 g/mol. The molecule has 1 aliphatic rings. The lowest BCUT2D eigenvalue weighted by molar-refractivity contribution is -0.137. The van der Waals surface area contributed by atoms with E-state index in [0.717, 1.165) is 12.0 Å². The molecule has 18 heavy (non-hydrogen) atoms. The summed E-state index contributed by atoms with van der Waals surface area (Å²) in [7, 11) is 0. The number of halogens is 1. The minimum Gasteiger partial charge on any atom is -0.462 e. The predicted molar refractivity (Wildman–Crippen MR) is 63.9 cm³/mol. The van der Waals surface area contributed by atoms with Gasteiger partial charge in [0.05, 0.1) is 6.61 Å². The van der Waals surface area contributed by atoms with Gasteiger partial charge in [-0.1, -0.05) is 6.07 Å². The van der Waals surface area contributed by atoms with Gasteiger partial charge in [-0.3, -0.25) is 0 Å². The fourth-order valence-corrected chi connectivity index (χ4v) is 2.14. The van der Waals surface area contributed by atoms with E-state index in [2.05, 4.69) is 0 Å². The summed E-state index contributed by atoms with van der Waals surface area (Å²) in [5, 5.41) is 9.08. The highest BCUT2D eigenvalue weighted by atomic mass is 19.1. The van der Waals surface area contributed by atoms with Crippen molar-refractivity contribution in [1.82, 2.24) is 0 Å². The quantitative estimate of drug-likeness (QED) is 0.457. The lowest BCUT2D eigenvalue weighted by Gasteiger charge is -2.05. The van der Waals surface area contributed by atoms with E-state index in [-0.39, 0.29) is 18.0 Å². The van der Waals surface area contributed by atoms with Crippen molar-refractivity contribution in [3.8, 4) is 6.07 Å². The van der Waals surface area contributed by atoms with Crippen LogP contribution in [0.5, 0.6) is 0 Å². The Morgan fingerprint density at radius 2 is 2.28 bits per heavy atom. The highest BCUT2D eigenvalue weighted by molar-refractivity contribution is 6.02. The van der Waals surface area contributed by atoms with Crippen LogP contribution in [0.2, 0.25) is 0 Å². The van der Waals surface area contributed by atoms with Crippen LogP contribution in [0.15, 0.2) is 23.8 Å². The van der Waals surface area contributed by atoms with Gasteiger partial charge in [-0.2, -0.15) is 5.26 Å². The number of benzene rings is 1. The van der Waals surface area contributed by atoms with Gasteiger partial charge in [-0.05, 0) is 48.6 Å². The van der Waals surface area contributed by atoms with E-state index in [1.54, 1.807) is 13.0 Å². The molecule has 0 saturated heterocycles. The molecule has 0 saturated carbocycles. The third-order valence-electron chi connectivity index (χ3n) is 2.93. The van der Waals surface area contributed by atoms with Crippen LogP contribution in [-0.2, 0) is 16.0 Å². The molecule has 0 fully saturated rings. The van der Waals surface area contributed by atoms with E-state index in [1.807, 2.05) is 6.07 Å². The normalized spacial score (nSPS) is 15.8. The van der Waals surface area contributed by atoms with Crippen molar-refractivity contribution in [2.45, 2.75) is 19.8 Å². The molecule has 1 aromatic carbocycles. The first kappa shape index (κ1) is 12.3. The van der Waals surface area contributed by atoms with Gasteiger partial charge in [-0.15, -0.1) is 0 Å². The smallest absolute Gasteiger partial charge is 0.349 e. The summed E-state index contributed by atoms with van der Waals surface area (Å²) in [5.41, 5.74) is 2.19. The molecule has 1 aromatic rings. The molecule has 2 rings (SSSR count). The van der Waals surface area contributed by atoms with Crippen molar-refractivity contribution in [1.29, 1.82) is 5.26 Å². The first-order valence-corrected chi connectivity index (χ1v) is 5.76. The van der Waals surface area contributed by atoms with Crippen LogP contribution in [0, 0.1) is 17.1 Å². The summed E-state index contributed by atoms with van der Waals surface area (Å²) in [6.07, 6.45) is 1.29. The summed E-state index contributed by atoms with van der Waals surface area (Å²) >= 11 is 0. The Kier molecular flexibility index (Phi) is 3.42. The maximum Gasteiger partial charge on any atom is 0.349 e. The van der Waals surface area contributed by atoms with Crippen molar-refractivity contribution in [2.24, 2.45) is 0 Å². The molecule has 1 aliphatic carbocycles. The van der Waals surface area contributed by atoms with Crippen LogP contribution in [0.1, 0.15) is 24.5 Å². The molecular weight excluding hydrogens is 233 g/mol. The van der Waals surface area contributed by atoms with Gasteiger partial charge in [-0.25, -0.2) is 9.18 Å².